The summed E-state index contributed by atoms with van der Waals surface area (Å²) < 4.78 is 25.5. The number of carbonyl (C=O) groups is 2. The second kappa shape index (κ2) is 7.10. The van der Waals surface area contributed by atoms with Gasteiger partial charge < -0.3 is 10.2 Å². The number of likely N-dealkylation sites (tertiary alicyclic amines) is 1. The molecule has 1 aromatic carbocycles. The van der Waals surface area contributed by atoms with Gasteiger partial charge in [-0.2, -0.15) is 0 Å². The van der Waals surface area contributed by atoms with Crippen molar-refractivity contribution in [2.24, 2.45) is 5.92 Å². The summed E-state index contributed by atoms with van der Waals surface area (Å²) in [4.78, 5) is 25.5. The molecule has 2 N–H and O–H groups in total. The minimum absolute atomic E-state index is 0.0240. The maximum atomic E-state index is 12.3. The highest BCUT2D eigenvalue weighted by atomic mass is 32.2. The summed E-state index contributed by atoms with van der Waals surface area (Å²) in [6.07, 6.45) is 1.54. The molecule has 8 heteroatoms. The van der Waals surface area contributed by atoms with Crippen LogP contribution in [0.15, 0.2) is 29.2 Å². The lowest BCUT2D eigenvalue weighted by Gasteiger charge is -2.31. The third kappa shape index (κ3) is 4.29. The van der Waals surface area contributed by atoms with Crippen molar-refractivity contribution < 1.29 is 18.0 Å². The average molecular weight is 339 g/mol. The van der Waals surface area contributed by atoms with E-state index in [9.17, 15) is 18.0 Å². The van der Waals surface area contributed by atoms with Crippen molar-refractivity contribution in [3.05, 3.63) is 24.3 Å². The summed E-state index contributed by atoms with van der Waals surface area (Å²) in [6, 6.07) is 5.97. The Hall–Kier alpha value is -1.93. The fourth-order valence-electron chi connectivity index (χ4n) is 2.56. The maximum Gasteiger partial charge on any atom is 0.240 e. The van der Waals surface area contributed by atoms with Crippen LogP contribution in [0.4, 0.5) is 5.69 Å². The van der Waals surface area contributed by atoms with Gasteiger partial charge in [-0.25, -0.2) is 13.1 Å². The van der Waals surface area contributed by atoms with Crippen LogP contribution >= 0.6 is 0 Å². The van der Waals surface area contributed by atoms with Crippen molar-refractivity contribution in [3.63, 3.8) is 0 Å². The van der Waals surface area contributed by atoms with Gasteiger partial charge >= 0.3 is 0 Å². The molecule has 0 unspecified atom stereocenters. The standard InChI is InChI=1S/C15H21N3O4S/c1-11(19)18-9-3-4-12(10-18)15(20)17-13-5-7-14(8-6-13)23(21,22)16-2/h5-8,12,16H,3-4,9-10H2,1-2H3,(H,17,20)/t12-/m1/s1. The van der Waals surface area contributed by atoms with Crippen molar-refractivity contribution in [1.29, 1.82) is 0 Å². The van der Waals surface area contributed by atoms with Gasteiger partial charge in [-0.3, -0.25) is 9.59 Å². The third-order valence-corrected chi connectivity index (χ3v) is 5.37. The number of carbonyl (C=O) groups excluding carboxylic acids is 2. The number of hydrogen-bond acceptors (Lipinski definition) is 4. The monoisotopic (exact) mass is 339 g/mol. The molecule has 1 aliphatic heterocycles. The predicted molar refractivity (Wildman–Crippen MR) is 86.3 cm³/mol. The first-order chi connectivity index (χ1) is 10.8. The van der Waals surface area contributed by atoms with Crippen LogP contribution in [0.25, 0.3) is 0 Å². The molecule has 0 aromatic heterocycles. The smallest absolute Gasteiger partial charge is 0.240 e. The Labute approximate surface area is 136 Å². The molecule has 0 bridgehead atoms. The molecule has 1 fully saturated rings. The summed E-state index contributed by atoms with van der Waals surface area (Å²) in [5, 5.41) is 2.78. The first-order valence-electron chi connectivity index (χ1n) is 7.43. The van der Waals surface area contributed by atoms with E-state index in [-0.39, 0.29) is 22.6 Å². The number of amides is 2. The van der Waals surface area contributed by atoms with Crippen LogP contribution in [0, 0.1) is 5.92 Å². The van der Waals surface area contributed by atoms with Gasteiger partial charge in [0.2, 0.25) is 21.8 Å². The lowest BCUT2D eigenvalue weighted by Crippen LogP contribution is -2.42. The predicted octanol–water partition coefficient (Wildman–Crippen LogP) is 0.792. The Bertz CT molecular complexity index is 685. The summed E-state index contributed by atoms with van der Waals surface area (Å²) in [5.74, 6) is -0.419. The number of sulfonamides is 1. The molecule has 7 nitrogen and oxygen atoms in total. The minimum atomic E-state index is -3.49. The zero-order valence-electron chi connectivity index (χ0n) is 13.2. The molecule has 0 aliphatic carbocycles. The molecule has 1 saturated heterocycles. The van der Waals surface area contributed by atoms with Gasteiger partial charge in [0.05, 0.1) is 10.8 Å². The van der Waals surface area contributed by atoms with Gasteiger partial charge in [-0.1, -0.05) is 0 Å². The van der Waals surface area contributed by atoms with Crippen molar-refractivity contribution in [1.82, 2.24) is 9.62 Å². The van der Waals surface area contributed by atoms with Gasteiger partial charge in [0.15, 0.2) is 0 Å². The van der Waals surface area contributed by atoms with Crippen LogP contribution in [0.1, 0.15) is 19.8 Å². The Morgan fingerprint density at radius 3 is 2.43 bits per heavy atom. The molecular formula is C15H21N3O4S. The largest absolute Gasteiger partial charge is 0.342 e. The summed E-state index contributed by atoms with van der Waals surface area (Å²) in [6.45, 7) is 2.62. The van der Waals surface area contributed by atoms with E-state index in [2.05, 4.69) is 10.0 Å². The lowest BCUT2D eigenvalue weighted by atomic mass is 9.97. The molecular weight excluding hydrogens is 318 g/mol. The molecule has 1 aromatic rings. The number of hydrogen-bond donors (Lipinski definition) is 2. The highest BCUT2D eigenvalue weighted by Gasteiger charge is 2.27. The van der Waals surface area contributed by atoms with E-state index in [1.165, 1.54) is 26.1 Å². The number of anilines is 1. The Morgan fingerprint density at radius 1 is 1.22 bits per heavy atom. The molecule has 1 atom stereocenters. The van der Waals surface area contributed by atoms with Crippen LogP contribution in [0.3, 0.4) is 0 Å². The number of nitrogens with one attached hydrogen (secondary N) is 2. The van der Waals surface area contributed by atoms with Gasteiger partial charge in [-0.15, -0.1) is 0 Å². The third-order valence-electron chi connectivity index (χ3n) is 3.94. The molecule has 2 rings (SSSR count). The Morgan fingerprint density at radius 2 is 1.87 bits per heavy atom. The van der Waals surface area contributed by atoms with E-state index in [1.54, 1.807) is 17.0 Å². The van der Waals surface area contributed by atoms with E-state index < -0.39 is 10.0 Å². The maximum absolute atomic E-state index is 12.3. The number of piperidine rings is 1. The quantitative estimate of drug-likeness (QED) is 0.848. The van der Waals surface area contributed by atoms with Crippen molar-refractivity contribution in [2.45, 2.75) is 24.7 Å². The topological polar surface area (TPSA) is 95.6 Å². The van der Waals surface area contributed by atoms with Crippen molar-refractivity contribution in [2.75, 3.05) is 25.5 Å². The van der Waals surface area contributed by atoms with Crippen LogP contribution in [0.2, 0.25) is 0 Å². The summed E-state index contributed by atoms with van der Waals surface area (Å²) in [5.41, 5.74) is 0.532. The number of nitrogens with zero attached hydrogens (tertiary/aromatic N) is 1. The van der Waals surface area contributed by atoms with Crippen molar-refractivity contribution >= 4 is 27.5 Å². The molecule has 0 radical (unpaired) electrons. The van der Waals surface area contributed by atoms with Crippen LogP contribution in [0.5, 0.6) is 0 Å². The van der Waals surface area contributed by atoms with E-state index >= 15 is 0 Å². The Kier molecular flexibility index (Phi) is 5.38. The summed E-state index contributed by atoms with van der Waals surface area (Å²) in [7, 11) is -2.15. The van der Waals surface area contributed by atoms with E-state index in [0.717, 1.165) is 12.8 Å². The molecule has 1 heterocycles. The van der Waals surface area contributed by atoms with E-state index in [0.29, 0.717) is 18.8 Å². The molecule has 2 amide bonds. The molecule has 0 spiro atoms. The normalized spacial score (nSPS) is 18.5. The van der Waals surface area contributed by atoms with Crippen molar-refractivity contribution in [3.8, 4) is 0 Å². The zero-order chi connectivity index (χ0) is 17.0. The van der Waals surface area contributed by atoms with E-state index in [4.69, 9.17) is 0 Å². The second-order valence-corrected chi connectivity index (χ2v) is 7.41. The summed E-state index contributed by atoms with van der Waals surface area (Å²) >= 11 is 0. The lowest BCUT2D eigenvalue weighted by molar-refractivity contribution is -0.132. The SMILES string of the molecule is CNS(=O)(=O)c1ccc(NC(=O)[C@@H]2CCCN(C(C)=O)C2)cc1. The van der Waals surface area contributed by atoms with Crippen LogP contribution < -0.4 is 10.0 Å². The highest BCUT2D eigenvalue weighted by Crippen LogP contribution is 2.20. The fourth-order valence-corrected chi connectivity index (χ4v) is 3.29. The molecule has 126 valence electrons. The molecule has 0 saturated carbocycles. The number of benzene rings is 1. The van der Waals surface area contributed by atoms with Gasteiger partial charge in [0.1, 0.15) is 0 Å². The fraction of sp³-hybridized carbons (Fsp3) is 0.467. The Balaban J connectivity index is 2.01. The zero-order valence-corrected chi connectivity index (χ0v) is 14.0. The first kappa shape index (κ1) is 17.4. The van der Waals surface area contributed by atoms with Crippen LogP contribution in [-0.4, -0.2) is 45.3 Å². The second-order valence-electron chi connectivity index (χ2n) is 5.53. The van der Waals surface area contributed by atoms with Crippen LogP contribution in [-0.2, 0) is 19.6 Å². The minimum Gasteiger partial charge on any atom is -0.342 e. The van der Waals surface area contributed by atoms with Gasteiger partial charge in [0, 0.05) is 25.7 Å². The highest BCUT2D eigenvalue weighted by molar-refractivity contribution is 7.89. The average Bonchev–Trinajstić information content (AvgIpc) is 2.55. The first-order valence-corrected chi connectivity index (χ1v) is 8.92. The van der Waals surface area contributed by atoms with E-state index in [1.807, 2.05) is 0 Å². The molecule has 23 heavy (non-hydrogen) atoms. The van der Waals surface area contributed by atoms with Gasteiger partial charge in [0.25, 0.3) is 0 Å². The van der Waals surface area contributed by atoms with Gasteiger partial charge in [-0.05, 0) is 44.2 Å². The number of rotatable bonds is 4. The molecule has 1 aliphatic rings.